The van der Waals surface area contributed by atoms with Crippen LogP contribution in [0.4, 0.5) is 11.4 Å². The smallest absolute Gasteiger partial charge is 0.278 e. The molecule has 3 aromatic rings. The fraction of sp³-hybridized carbons (Fsp3) is 0.318. The number of aryl methyl sites for hydroxylation is 1. The van der Waals surface area contributed by atoms with Gasteiger partial charge in [0.15, 0.2) is 5.69 Å². The van der Waals surface area contributed by atoms with Gasteiger partial charge in [-0.2, -0.15) is 0 Å². The lowest BCUT2D eigenvalue weighted by atomic mass is 10.1. The first-order valence-corrected chi connectivity index (χ1v) is 9.78. The van der Waals surface area contributed by atoms with Gasteiger partial charge < -0.3 is 10.2 Å². The van der Waals surface area contributed by atoms with E-state index in [2.05, 4.69) is 26.6 Å². The Bertz CT molecular complexity index is 971. The largest absolute Gasteiger partial charge is 0.370 e. The van der Waals surface area contributed by atoms with Crippen LogP contribution in [0.25, 0.3) is 5.69 Å². The highest BCUT2D eigenvalue weighted by Crippen LogP contribution is 2.28. The molecule has 1 N–H and O–H groups in total. The maximum atomic E-state index is 12.9. The number of carbonyl (C=O) groups is 1. The third kappa shape index (κ3) is 3.63. The van der Waals surface area contributed by atoms with Gasteiger partial charge in [0, 0.05) is 13.1 Å². The number of nitrogens with one attached hydrogen (secondary N) is 1. The molecule has 28 heavy (non-hydrogen) atoms. The number of aromatic nitrogens is 3. The fourth-order valence-electron chi connectivity index (χ4n) is 3.64. The number of anilines is 2. The molecule has 6 nitrogen and oxygen atoms in total. The van der Waals surface area contributed by atoms with Gasteiger partial charge in [-0.05, 0) is 57.4 Å². The number of hydrogen-bond donors (Lipinski definition) is 1. The van der Waals surface area contributed by atoms with Crippen molar-refractivity contribution in [2.24, 2.45) is 0 Å². The van der Waals surface area contributed by atoms with Crippen LogP contribution in [-0.2, 0) is 0 Å². The van der Waals surface area contributed by atoms with Gasteiger partial charge in [-0.1, -0.05) is 35.0 Å². The van der Waals surface area contributed by atoms with Crippen molar-refractivity contribution in [3.63, 3.8) is 0 Å². The lowest BCUT2D eigenvalue weighted by molar-refractivity contribution is 0.102. The molecule has 0 saturated carbocycles. The molecule has 1 amide bonds. The van der Waals surface area contributed by atoms with Crippen molar-refractivity contribution < 1.29 is 4.79 Å². The monoisotopic (exact) mass is 375 g/mol. The third-order valence-corrected chi connectivity index (χ3v) is 5.24. The lowest BCUT2D eigenvalue weighted by Crippen LogP contribution is -2.30. The van der Waals surface area contributed by atoms with Crippen LogP contribution in [0.5, 0.6) is 0 Å². The molecule has 1 aliphatic rings. The Labute approximate surface area is 165 Å². The average molecular weight is 375 g/mol. The van der Waals surface area contributed by atoms with E-state index in [1.54, 1.807) is 4.68 Å². The Balaban J connectivity index is 1.57. The van der Waals surface area contributed by atoms with Gasteiger partial charge in [-0.3, -0.25) is 4.79 Å². The van der Waals surface area contributed by atoms with Crippen LogP contribution in [0.3, 0.4) is 0 Å². The zero-order chi connectivity index (χ0) is 19.5. The van der Waals surface area contributed by atoms with Crippen LogP contribution in [0.1, 0.15) is 41.0 Å². The van der Waals surface area contributed by atoms with Crippen molar-refractivity contribution >= 4 is 17.3 Å². The Hall–Kier alpha value is -3.15. The van der Waals surface area contributed by atoms with E-state index < -0.39 is 0 Å². The molecule has 1 aromatic heterocycles. The minimum absolute atomic E-state index is 0.236. The maximum Gasteiger partial charge on any atom is 0.278 e. The summed E-state index contributed by atoms with van der Waals surface area (Å²) in [6, 6.07) is 16.0. The first-order chi connectivity index (χ1) is 13.6. The Morgan fingerprint density at radius 2 is 1.68 bits per heavy atom. The molecule has 0 radical (unpaired) electrons. The lowest BCUT2D eigenvalue weighted by Gasteiger charge is -2.30. The van der Waals surface area contributed by atoms with Crippen LogP contribution in [0, 0.1) is 13.8 Å². The van der Waals surface area contributed by atoms with E-state index in [0.29, 0.717) is 5.69 Å². The second-order valence-corrected chi connectivity index (χ2v) is 7.29. The molecule has 4 rings (SSSR count). The molecule has 0 aliphatic carbocycles. The maximum absolute atomic E-state index is 12.9. The highest BCUT2D eigenvalue weighted by Gasteiger charge is 2.20. The summed E-state index contributed by atoms with van der Waals surface area (Å²) in [7, 11) is 0. The second-order valence-electron chi connectivity index (χ2n) is 7.29. The summed E-state index contributed by atoms with van der Waals surface area (Å²) in [6.45, 7) is 5.95. The standard InChI is InChI=1S/C22H25N5O/c1-16-10-12-18(13-11-16)27-17(2)21(24-25-27)22(28)23-19-8-4-5-9-20(19)26-14-6-3-7-15-26/h4-5,8-13H,3,6-7,14-15H2,1-2H3,(H,23,28). The molecule has 144 valence electrons. The van der Waals surface area contributed by atoms with E-state index in [9.17, 15) is 4.79 Å². The fourth-order valence-corrected chi connectivity index (χ4v) is 3.64. The number of hydrogen-bond acceptors (Lipinski definition) is 4. The van der Waals surface area contributed by atoms with Crippen LogP contribution in [0.15, 0.2) is 48.5 Å². The average Bonchev–Trinajstić information content (AvgIpc) is 3.11. The number of para-hydroxylation sites is 2. The topological polar surface area (TPSA) is 63.1 Å². The summed E-state index contributed by atoms with van der Waals surface area (Å²) >= 11 is 0. The molecule has 2 heterocycles. The summed E-state index contributed by atoms with van der Waals surface area (Å²) < 4.78 is 1.70. The SMILES string of the molecule is Cc1ccc(-n2nnc(C(=O)Nc3ccccc3N3CCCCC3)c2C)cc1. The summed E-state index contributed by atoms with van der Waals surface area (Å²) in [4.78, 5) is 15.3. The molecule has 1 saturated heterocycles. The summed E-state index contributed by atoms with van der Waals surface area (Å²) in [5, 5.41) is 11.4. The number of nitrogens with zero attached hydrogens (tertiary/aromatic N) is 4. The molecule has 0 bridgehead atoms. The van der Waals surface area contributed by atoms with E-state index in [0.717, 1.165) is 35.8 Å². The van der Waals surface area contributed by atoms with Crippen LogP contribution in [0.2, 0.25) is 0 Å². The molecular formula is C22H25N5O. The van der Waals surface area contributed by atoms with Crippen molar-refractivity contribution in [2.75, 3.05) is 23.3 Å². The molecule has 6 heteroatoms. The number of amides is 1. The minimum atomic E-state index is -0.236. The molecule has 1 aliphatic heterocycles. The highest BCUT2D eigenvalue weighted by atomic mass is 16.2. The third-order valence-electron chi connectivity index (χ3n) is 5.24. The molecule has 0 unspecified atom stereocenters. The van der Waals surface area contributed by atoms with Gasteiger partial charge in [0.1, 0.15) is 0 Å². The van der Waals surface area contributed by atoms with E-state index in [1.165, 1.54) is 24.8 Å². The van der Waals surface area contributed by atoms with E-state index in [4.69, 9.17) is 0 Å². The normalized spacial score (nSPS) is 14.1. The van der Waals surface area contributed by atoms with Crippen molar-refractivity contribution in [2.45, 2.75) is 33.1 Å². The predicted molar refractivity (Wildman–Crippen MR) is 111 cm³/mol. The van der Waals surface area contributed by atoms with E-state index >= 15 is 0 Å². The molecule has 1 fully saturated rings. The quantitative estimate of drug-likeness (QED) is 0.745. The van der Waals surface area contributed by atoms with Gasteiger partial charge in [0.2, 0.25) is 0 Å². The Morgan fingerprint density at radius 1 is 0.964 bits per heavy atom. The Morgan fingerprint density at radius 3 is 2.43 bits per heavy atom. The first kappa shape index (κ1) is 18.2. The number of piperidine rings is 1. The Kier molecular flexibility index (Phi) is 5.10. The van der Waals surface area contributed by atoms with E-state index in [-0.39, 0.29) is 5.91 Å². The van der Waals surface area contributed by atoms with Gasteiger partial charge in [0.25, 0.3) is 5.91 Å². The predicted octanol–water partition coefficient (Wildman–Crippen LogP) is 4.13. The molecular weight excluding hydrogens is 350 g/mol. The number of rotatable bonds is 4. The van der Waals surface area contributed by atoms with Crippen LogP contribution >= 0.6 is 0 Å². The van der Waals surface area contributed by atoms with Gasteiger partial charge in [-0.25, -0.2) is 4.68 Å². The van der Waals surface area contributed by atoms with Crippen molar-refractivity contribution in [1.29, 1.82) is 0 Å². The zero-order valence-electron chi connectivity index (χ0n) is 16.4. The van der Waals surface area contributed by atoms with Crippen LogP contribution < -0.4 is 10.2 Å². The number of carbonyl (C=O) groups excluding carboxylic acids is 1. The van der Waals surface area contributed by atoms with Crippen molar-refractivity contribution in [3.05, 3.63) is 65.5 Å². The molecule has 0 spiro atoms. The second kappa shape index (κ2) is 7.84. The first-order valence-electron chi connectivity index (χ1n) is 9.78. The summed E-state index contributed by atoms with van der Waals surface area (Å²) in [5.74, 6) is -0.236. The van der Waals surface area contributed by atoms with Crippen molar-refractivity contribution in [1.82, 2.24) is 15.0 Å². The zero-order valence-corrected chi connectivity index (χ0v) is 16.4. The van der Waals surface area contributed by atoms with Gasteiger partial charge >= 0.3 is 0 Å². The van der Waals surface area contributed by atoms with Crippen LogP contribution in [-0.4, -0.2) is 34.0 Å². The minimum Gasteiger partial charge on any atom is -0.370 e. The number of benzene rings is 2. The van der Waals surface area contributed by atoms with Gasteiger partial charge in [-0.15, -0.1) is 5.10 Å². The van der Waals surface area contributed by atoms with Crippen molar-refractivity contribution in [3.8, 4) is 5.69 Å². The summed E-state index contributed by atoms with van der Waals surface area (Å²) in [6.07, 6.45) is 3.64. The van der Waals surface area contributed by atoms with E-state index in [1.807, 2.05) is 56.3 Å². The molecule has 0 atom stereocenters. The summed E-state index contributed by atoms with van der Waals surface area (Å²) in [5.41, 5.74) is 5.01. The highest BCUT2D eigenvalue weighted by molar-refractivity contribution is 6.05. The van der Waals surface area contributed by atoms with Gasteiger partial charge in [0.05, 0.1) is 22.8 Å². The molecule has 2 aromatic carbocycles.